The Morgan fingerprint density at radius 2 is 1.12 bits per heavy atom. The maximum absolute atomic E-state index is 2.49. The van der Waals surface area contributed by atoms with Crippen molar-refractivity contribution >= 4 is 38.6 Å². The second kappa shape index (κ2) is 9.71. The van der Waals surface area contributed by atoms with Crippen LogP contribution in [-0.4, -0.2) is 0 Å². The van der Waals surface area contributed by atoms with Crippen molar-refractivity contribution in [2.45, 2.75) is 24.7 Å². The minimum absolute atomic E-state index is 0.588. The van der Waals surface area contributed by atoms with E-state index in [1.165, 1.54) is 79.3 Å². The summed E-state index contributed by atoms with van der Waals surface area (Å²) in [6.07, 6.45) is 2.52. The third-order valence-corrected chi connectivity index (χ3v) is 9.82. The molecule has 2 aliphatic rings. The van der Waals surface area contributed by atoms with Gasteiger partial charge in [0.25, 0.3) is 0 Å². The molecule has 0 N–H and O–H groups in total. The summed E-state index contributed by atoms with van der Waals surface area (Å²) in [6.45, 7) is 0. The lowest BCUT2D eigenvalue weighted by atomic mass is 9.59. The summed E-state index contributed by atoms with van der Waals surface area (Å²) >= 11 is 0. The number of anilines is 3. The van der Waals surface area contributed by atoms with E-state index in [1.54, 1.807) is 5.56 Å². The quantitative estimate of drug-likeness (QED) is 0.211. The number of rotatable bonds is 4. The van der Waals surface area contributed by atoms with E-state index in [0.29, 0.717) is 11.8 Å². The van der Waals surface area contributed by atoms with Crippen LogP contribution in [0.5, 0.6) is 0 Å². The first kappa shape index (κ1) is 24.5. The standard InChI is InChI=1S/C42H31N/c1-3-12-29(13-4-1)38-27-40-39-26-31(22-23-35(39)34-24-25-37(34)42(40)36-20-10-9-19-33(36)38)43(30-16-5-2-6-17-30)41-21-11-15-28-14-7-8-18-32(28)41/h1-23,26-27,34,37H,24-25H2. The summed E-state index contributed by atoms with van der Waals surface area (Å²) in [5, 5.41) is 5.28. The van der Waals surface area contributed by atoms with Gasteiger partial charge in [-0.1, -0.05) is 115 Å². The highest BCUT2D eigenvalue weighted by atomic mass is 15.1. The van der Waals surface area contributed by atoms with E-state index in [-0.39, 0.29) is 0 Å². The van der Waals surface area contributed by atoms with Crippen LogP contribution in [0.3, 0.4) is 0 Å². The Bertz CT molecular complexity index is 2140. The SMILES string of the molecule is c1ccc(-c2cc3c(c4ccccc24)C2CCC2c2ccc(N(c4ccccc4)c4cccc5ccccc45)cc2-3)cc1. The van der Waals surface area contributed by atoms with E-state index >= 15 is 0 Å². The molecule has 0 amide bonds. The highest BCUT2D eigenvalue weighted by Gasteiger charge is 2.41. The second-order valence-electron chi connectivity index (χ2n) is 12.0. The molecular weight excluding hydrogens is 518 g/mol. The Morgan fingerprint density at radius 1 is 0.442 bits per heavy atom. The number of para-hydroxylation sites is 1. The van der Waals surface area contributed by atoms with E-state index in [4.69, 9.17) is 0 Å². The van der Waals surface area contributed by atoms with Crippen LogP contribution in [-0.2, 0) is 0 Å². The molecule has 1 fully saturated rings. The molecule has 0 bridgehead atoms. The molecule has 43 heavy (non-hydrogen) atoms. The molecule has 0 aromatic heterocycles. The Balaban J connectivity index is 1.32. The zero-order valence-corrected chi connectivity index (χ0v) is 23.9. The van der Waals surface area contributed by atoms with Crippen LogP contribution in [0.25, 0.3) is 43.8 Å². The molecule has 1 heteroatoms. The van der Waals surface area contributed by atoms with Crippen molar-refractivity contribution in [2.24, 2.45) is 0 Å². The third kappa shape index (κ3) is 3.78. The first-order valence-corrected chi connectivity index (χ1v) is 15.4. The monoisotopic (exact) mass is 549 g/mol. The van der Waals surface area contributed by atoms with Gasteiger partial charge < -0.3 is 4.90 Å². The number of hydrogen-bond donors (Lipinski definition) is 0. The molecule has 0 saturated heterocycles. The molecule has 0 heterocycles. The molecule has 204 valence electrons. The van der Waals surface area contributed by atoms with E-state index in [2.05, 4.69) is 157 Å². The average Bonchev–Trinajstić information content (AvgIpc) is 3.06. The van der Waals surface area contributed by atoms with Gasteiger partial charge in [-0.15, -0.1) is 0 Å². The van der Waals surface area contributed by atoms with Gasteiger partial charge in [0, 0.05) is 16.8 Å². The minimum Gasteiger partial charge on any atom is -0.310 e. The van der Waals surface area contributed by atoms with E-state index in [1.807, 2.05) is 0 Å². The molecule has 7 aromatic carbocycles. The van der Waals surface area contributed by atoms with E-state index in [0.717, 1.165) is 0 Å². The van der Waals surface area contributed by atoms with Crippen molar-refractivity contribution in [1.29, 1.82) is 0 Å². The Hall–Kier alpha value is -5.14. The van der Waals surface area contributed by atoms with Crippen LogP contribution in [0.2, 0.25) is 0 Å². The molecule has 7 aromatic rings. The van der Waals surface area contributed by atoms with Gasteiger partial charge in [-0.3, -0.25) is 0 Å². The lowest BCUT2D eigenvalue weighted by Gasteiger charge is -2.44. The van der Waals surface area contributed by atoms with Gasteiger partial charge >= 0.3 is 0 Å². The first-order chi connectivity index (χ1) is 21.3. The summed E-state index contributed by atoms with van der Waals surface area (Å²) in [4.78, 5) is 2.44. The average molecular weight is 550 g/mol. The molecule has 0 radical (unpaired) electrons. The molecule has 1 nitrogen and oxygen atoms in total. The maximum atomic E-state index is 2.49. The number of hydrogen-bond acceptors (Lipinski definition) is 1. The van der Waals surface area contributed by atoms with Gasteiger partial charge in [0.1, 0.15) is 0 Å². The normalized spacial score (nSPS) is 16.7. The highest BCUT2D eigenvalue weighted by molar-refractivity contribution is 6.05. The summed E-state index contributed by atoms with van der Waals surface area (Å²) in [5.74, 6) is 1.18. The van der Waals surface area contributed by atoms with Crippen LogP contribution < -0.4 is 4.90 Å². The van der Waals surface area contributed by atoms with Crippen LogP contribution in [0, 0.1) is 0 Å². The second-order valence-corrected chi connectivity index (χ2v) is 12.0. The zero-order chi connectivity index (χ0) is 28.3. The molecular formula is C42H31N. The Kier molecular flexibility index (Phi) is 5.52. The molecule has 0 spiro atoms. The van der Waals surface area contributed by atoms with Gasteiger partial charge in [0.15, 0.2) is 0 Å². The minimum atomic E-state index is 0.588. The molecule has 2 atom stereocenters. The topological polar surface area (TPSA) is 3.24 Å². The van der Waals surface area contributed by atoms with Crippen molar-refractivity contribution in [1.82, 2.24) is 0 Å². The predicted octanol–water partition coefficient (Wildman–Crippen LogP) is 11.8. The molecule has 2 unspecified atom stereocenters. The molecule has 0 aliphatic heterocycles. The number of fused-ring (bicyclic) bond motifs is 9. The maximum Gasteiger partial charge on any atom is 0.0540 e. The van der Waals surface area contributed by atoms with E-state index < -0.39 is 0 Å². The molecule has 9 rings (SSSR count). The van der Waals surface area contributed by atoms with Crippen molar-refractivity contribution in [3.05, 3.63) is 163 Å². The van der Waals surface area contributed by atoms with Crippen LogP contribution in [0.4, 0.5) is 17.1 Å². The largest absolute Gasteiger partial charge is 0.310 e. The van der Waals surface area contributed by atoms with Gasteiger partial charge in [-0.05, 0) is 111 Å². The number of benzene rings is 7. The Labute approximate surface area is 252 Å². The fourth-order valence-electron chi connectivity index (χ4n) is 7.74. The van der Waals surface area contributed by atoms with Gasteiger partial charge in [0.05, 0.1) is 5.69 Å². The summed E-state index contributed by atoms with van der Waals surface area (Å²) in [7, 11) is 0. The van der Waals surface area contributed by atoms with Gasteiger partial charge in [-0.25, -0.2) is 0 Å². The lowest BCUT2D eigenvalue weighted by Crippen LogP contribution is -2.27. The molecule has 2 aliphatic carbocycles. The van der Waals surface area contributed by atoms with Crippen LogP contribution in [0.1, 0.15) is 35.8 Å². The van der Waals surface area contributed by atoms with Crippen LogP contribution >= 0.6 is 0 Å². The molecule has 1 saturated carbocycles. The van der Waals surface area contributed by atoms with Crippen molar-refractivity contribution < 1.29 is 0 Å². The van der Waals surface area contributed by atoms with Crippen molar-refractivity contribution in [3.63, 3.8) is 0 Å². The highest BCUT2D eigenvalue weighted by Crippen LogP contribution is 2.60. The zero-order valence-electron chi connectivity index (χ0n) is 23.9. The smallest absolute Gasteiger partial charge is 0.0540 e. The van der Waals surface area contributed by atoms with Crippen molar-refractivity contribution in [2.75, 3.05) is 4.90 Å². The summed E-state index contributed by atoms with van der Waals surface area (Å²) in [6, 6.07) is 55.9. The predicted molar refractivity (Wildman–Crippen MR) is 182 cm³/mol. The van der Waals surface area contributed by atoms with Crippen molar-refractivity contribution in [3.8, 4) is 22.3 Å². The van der Waals surface area contributed by atoms with Crippen LogP contribution in [0.15, 0.2) is 152 Å². The fraction of sp³-hybridized carbons (Fsp3) is 0.0952. The lowest BCUT2D eigenvalue weighted by molar-refractivity contribution is 0.345. The Morgan fingerprint density at radius 3 is 1.91 bits per heavy atom. The van der Waals surface area contributed by atoms with Gasteiger partial charge in [0.2, 0.25) is 0 Å². The summed E-state index contributed by atoms with van der Waals surface area (Å²) < 4.78 is 0. The summed E-state index contributed by atoms with van der Waals surface area (Å²) in [5.41, 5.74) is 12.0. The first-order valence-electron chi connectivity index (χ1n) is 15.4. The fourth-order valence-corrected chi connectivity index (χ4v) is 7.74. The third-order valence-electron chi connectivity index (χ3n) is 9.82. The number of nitrogens with zero attached hydrogens (tertiary/aromatic N) is 1. The van der Waals surface area contributed by atoms with E-state index in [9.17, 15) is 0 Å². The van der Waals surface area contributed by atoms with Gasteiger partial charge in [-0.2, -0.15) is 0 Å².